The lowest BCUT2D eigenvalue weighted by Gasteiger charge is -2.18. The lowest BCUT2D eigenvalue weighted by molar-refractivity contribution is 0.410. The molecule has 0 saturated carbocycles. The molecule has 2 heterocycles. The van der Waals surface area contributed by atoms with Gasteiger partial charge in [0.25, 0.3) is 0 Å². The first-order valence-corrected chi connectivity index (χ1v) is 16.2. The lowest BCUT2D eigenvalue weighted by Crippen LogP contribution is -2.33. The highest BCUT2D eigenvalue weighted by atomic mass is 16.3. The van der Waals surface area contributed by atoms with E-state index in [4.69, 9.17) is 15.0 Å². The standard InChI is InChI=1S/C37H29B5N4O3/c38-25-23-24-26(39)28(41)33(48)34(49)31(24)46(30(23)29(42)32(47)27(25)40)22-16-15-21(19-13-7-8-14-20(19)22)37-44-35(17-9-3-1-4-10-17)43-36(45-37)18-11-5-2-6-12-18/h1-16,47-49H,38-42H2. The van der Waals surface area contributed by atoms with Crippen LogP contribution in [0.1, 0.15) is 0 Å². The Morgan fingerprint density at radius 1 is 0.429 bits per heavy atom. The molecule has 0 amide bonds. The molecule has 0 radical (unpaired) electrons. The van der Waals surface area contributed by atoms with E-state index in [0.717, 1.165) is 65.8 Å². The molecule has 49 heavy (non-hydrogen) atoms. The van der Waals surface area contributed by atoms with Gasteiger partial charge in [-0.3, -0.25) is 0 Å². The Hall–Kier alpha value is -5.89. The molecule has 0 fully saturated rings. The fourth-order valence-electron chi connectivity index (χ4n) is 7.14. The van der Waals surface area contributed by atoms with Crippen LogP contribution < -0.4 is 27.3 Å². The minimum atomic E-state index is -0.198. The highest BCUT2D eigenvalue weighted by Gasteiger charge is 2.27. The third-order valence-corrected chi connectivity index (χ3v) is 10.00. The van der Waals surface area contributed by atoms with Gasteiger partial charge in [0.05, 0.1) is 16.7 Å². The van der Waals surface area contributed by atoms with Crippen LogP contribution in [0.15, 0.2) is 97.1 Å². The number of phenolic OH excluding ortho intramolecular Hbond substituents is 3. The number of phenols is 3. The summed E-state index contributed by atoms with van der Waals surface area (Å²) < 4.78 is 1.98. The maximum atomic E-state index is 11.6. The first-order chi connectivity index (χ1) is 23.7. The third-order valence-electron chi connectivity index (χ3n) is 10.00. The zero-order valence-electron chi connectivity index (χ0n) is 27.9. The monoisotopic (exact) mass is 632 g/mol. The van der Waals surface area contributed by atoms with Crippen molar-refractivity contribution >= 4 is 99.1 Å². The van der Waals surface area contributed by atoms with Crippen LogP contribution in [0.5, 0.6) is 17.2 Å². The summed E-state index contributed by atoms with van der Waals surface area (Å²) in [4.78, 5) is 14.9. The molecule has 6 aromatic carbocycles. The number of hydrogen-bond acceptors (Lipinski definition) is 6. The molecule has 230 valence electrons. The SMILES string of the molecule is Bc1c(O)c(B)c2c(c1B)c1c(B)c(B)c(O)c(O)c1n2-c1ccc(-c2nc(-c3ccccc3)nc(-c3ccccc3)n2)c2ccccc12. The predicted molar refractivity (Wildman–Crippen MR) is 214 cm³/mol. The number of aromatic hydroxyl groups is 3. The Morgan fingerprint density at radius 2 is 0.918 bits per heavy atom. The first-order valence-electron chi connectivity index (χ1n) is 16.2. The van der Waals surface area contributed by atoms with E-state index in [1.165, 1.54) is 0 Å². The molecule has 0 aliphatic heterocycles. The average molecular weight is 632 g/mol. The van der Waals surface area contributed by atoms with Crippen LogP contribution in [0.2, 0.25) is 0 Å². The number of nitrogens with zero attached hydrogens (tertiary/aromatic N) is 4. The van der Waals surface area contributed by atoms with Gasteiger partial charge in [0.1, 0.15) is 45.0 Å². The van der Waals surface area contributed by atoms with E-state index in [9.17, 15) is 15.3 Å². The molecule has 0 aliphatic carbocycles. The molecule has 12 heteroatoms. The van der Waals surface area contributed by atoms with Gasteiger partial charge in [0, 0.05) is 32.8 Å². The van der Waals surface area contributed by atoms with Gasteiger partial charge in [-0.2, -0.15) is 0 Å². The molecule has 8 rings (SSSR count). The van der Waals surface area contributed by atoms with E-state index < -0.39 is 0 Å². The number of rotatable bonds is 4. The topological polar surface area (TPSA) is 104 Å². The van der Waals surface area contributed by atoms with E-state index >= 15 is 0 Å². The Bertz CT molecular complexity index is 2510. The Morgan fingerprint density at radius 3 is 1.51 bits per heavy atom. The van der Waals surface area contributed by atoms with Crippen LogP contribution in [0, 0.1) is 0 Å². The van der Waals surface area contributed by atoms with Gasteiger partial charge in [-0.1, -0.05) is 101 Å². The number of aromatic nitrogens is 4. The van der Waals surface area contributed by atoms with Crippen LogP contribution in [0.25, 0.3) is 72.4 Å². The number of benzene rings is 6. The summed E-state index contributed by atoms with van der Waals surface area (Å²) in [6, 6.07) is 31.8. The molecular formula is C37H29B5N4O3. The van der Waals surface area contributed by atoms with Gasteiger partial charge in [-0.25, -0.2) is 15.0 Å². The maximum Gasteiger partial charge on any atom is 0.182 e. The third kappa shape index (κ3) is 4.54. The summed E-state index contributed by atoms with van der Waals surface area (Å²) in [5, 5.41) is 37.7. The molecular weight excluding hydrogens is 602 g/mol. The van der Waals surface area contributed by atoms with E-state index in [1.807, 2.05) is 141 Å². The Kier molecular flexibility index (Phi) is 7.07. The quantitative estimate of drug-likeness (QED) is 0.179. The zero-order valence-corrected chi connectivity index (χ0v) is 27.9. The maximum absolute atomic E-state index is 11.6. The van der Waals surface area contributed by atoms with Crippen LogP contribution >= 0.6 is 0 Å². The second-order valence-electron chi connectivity index (χ2n) is 12.7. The molecule has 2 aromatic heterocycles. The highest BCUT2D eigenvalue weighted by Crippen LogP contribution is 2.41. The van der Waals surface area contributed by atoms with Crippen LogP contribution in [0.3, 0.4) is 0 Å². The molecule has 8 aromatic rings. The van der Waals surface area contributed by atoms with Gasteiger partial charge in [-0.05, 0) is 28.4 Å². The van der Waals surface area contributed by atoms with Crippen molar-refractivity contribution in [2.75, 3.05) is 0 Å². The van der Waals surface area contributed by atoms with E-state index in [1.54, 1.807) is 0 Å². The highest BCUT2D eigenvalue weighted by molar-refractivity contribution is 6.62. The Balaban J connectivity index is 1.48. The molecule has 0 bridgehead atoms. The second-order valence-corrected chi connectivity index (χ2v) is 12.7. The number of hydrogen-bond donors (Lipinski definition) is 3. The van der Waals surface area contributed by atoms with Gasteiger partial charge in [0.15, 0.2) is 29.0 Å². The van der Waals surface area contributed by atoms with Crippen molar-refractivity contribution in [2.24, 2.45) is 0 Å². The zero-order chi connectivity index (χ0) is 34.1. The summed E-state index contributed by atoms with van der Waals surface area (Å²) in [5.74, 6) is 1.53. The van der Waals surface area contributed by atoms with Crippen molar-refractivity contribution in [3.63, 3.8) is 0 Å². The normalized spacial score (nSPS) is 11.5. The van der Waals surface area contributed by atoms with Gasteiger partial charge >= 0.3 is 0 Å². The molecule has 3 N–H and O–H groups in total. The summed E-state index contributed by atoms with van der Waals surface area (Å²) >= 11 is 0. The molecule has 0 unspecified atom stereocenters. The summed E-state index contributed by atoms with van der Waals surface area (Å²) in [6.07, 6.45) is 0. The Labute approximate surface area is 287 Å². The summed E-state index contributed by atoms with van der Waals surface area (Å²) in [6.45, 7) is 0. The van der Waals surface area contributed by atoms with Crippen molar-refractivity contribution in [2.45, 2.75) is 0 Å². The first kappa shape index (κ1) is 30.4. The van der Waals surface area contributed by atoms with E-state index in [-0.39, 0.29) is 17.2 Å². The predicted octanol–water partition coefficient (Wildman–Crippen LogP) is -0.468. The summed E-state index contributed by atoms with van der Waals surface area (Å²) in [5.41, 5.74) is 8.52. The van der Waals surface area contributed by atoms with Crippen LogP contribution in [-0.4, -0.2) is 74.1 Å². The van der Waals surface area contributed by atoms with Crippen LogP contribution in [0.4, 0.5) is 0 Å². The number of fused-ring (bicyclic) bond motifs is 4. The molecule has 0 atom stereocenters. The van der Waals surface area contributed by atoms with Gasteiger partial charge in [-0.15, -0.1) is 0 Å². The van der Waals surface area contributed by atoms with E-state index in [0.29, 0.717) is 33.9 Å². The minimum absolute atomic E-state index is 0.154. The van der Waals surface area contributed by atoms with E-state index in [2.05, 4.69) is 0 Å². The largest absolute Gasteiger partial charge is 0.509 e. The van der Waals surface area contributed by atoms with Crippen molar-refractivity contribution in [1.29, 1.82) is 0 Å². The van der Waals surface area contributed by atoms with Crippen molar-refractivity contribution in [3.05, 3.63) is 97.1 Å². The van der Waals surface area contributed by atoms with Crippen molar-refractivity contribution in [1.82, 2.24) is 19.5 Å². The molecule has 7 nitrogen and oxygen atoms in total. The second kappa shape index (κ2) is 11.4. The smallest absolute Gasteiger partial charge is 0.182 e. The molecule has 0 saturated heterocycles. The van der Waals surface area contributed by atoms with Gasteiger partial charge < -0.3 is 19.9 Å². The summed E-state index contributed by atoms with van der Waals surface area (Å²) in [7, 11) is 9.59. The van der Waals surface area contributed by atoms with Gasteiger partial charge in [0.2, 0.25) is 0 Å². The molecule has 0 spiro atoms. The average Bonchev–Trinajstić information content (AvgIpc) is 3.51. The fraction of sp³-hybridized carbons (Fsp3) is 0. The lowest BCUT2D eigenvalue weighted by atomic mass is 9.71. The molecule has 0 aliphatic rings. The van der Waals surface area contributed by atoms with Crippen LogP contribution in [-0.2, 0) is 0 Å². The minimum Gasteiger partial charge on any atom is -0.509 e. The van der Waals surface area contributed by atoms with Crippen molar-refractivity contribution < 1.29 is 15.3 Å². The fourth-order valence-corrected chi connectivity index (χ4v) is 7.14. The van der Waals surface area contributed by atoms with Crippen molar-refractivity contribution in [3.8, 4) is 57.1 Å².